The van der Waals surface area contributed by atoms with Crippen molar-refractivity contribution in [2.24, 2.45) is 5.92 Å². The van der Waals surface area contributed by atoms with Crippen LogP contribution in [0.1, 0.15) is 30.1 Å². The monoisotopic (exact) mass is 204 g/mol. The number of rotatable bonds is 2. The molecule has 0 radical (unpaired) electrons. The molecule has 1 aliphatic heterocycles. The van der Waals surface area contributed by atoms with Gasteiger partial charge in [0, 0.05) is 12.8 Å². The van der Waals surface area contributed by atoms with E-state index in [1.807, 2.05) is 12.3 Å². The molecule has 1 atom stereocenters. The second-order valence-corrected chi connectivity index (χ2v) is 4.54. The molecule has 0 amide bonds. The van der Waals surface area contributed by atoms with Crippen LogP contribution in [0.25, 0.3) is 0 Å². The molecule has 1 unspecified atom stereocenters. The zero-order valence-electron chi connectivity index (χ0n) is 8.76. The lowest BCUT2D eigenvalue weighted by molar-refractivity contribution is 0.123. The molecule has 1 aromatic heterocycles. The molecular weight excluding hydrogens is 188 g/mol. The number of hydrogen-bond donors (Lipinski definition) is 1. The molecule has 80 valence electrons. The smallest absolute Gasteiger partial charge is 0.0798 e. The van der Waals surface area contributed by atoms with Crippen molar-refractivity contribution in [3.8, 4) is 0 Å². The lowest BCUT2D eigenvalue weighted by Crippen LogP contribution is -2.33. The van der Waals surface area contributed by atoms with Crippen LogP contribution in [0, 0.1) is 5.92 Å². The number of likely N-dealkylation sites (tertiary alicyclic amines) is 1. The maximum Gasteiger partial charge on any atom is 0.0798 e. The van der Waals surface area contributed by atoms with Crippen molar-refractivity contribution in [2.45, 2.75) is 18.9 Å². The Kier molecular flexibility index (Phi) is 2.22. The number of aliphatic hydroxyl groups excluding tert-OH is 1. The second-order valence-electron chi connectivity index (χ2n) is 4.54. The first-order chi connectivity index (χ1) is 7.40. The van der Waals surface area contributed by atoms with Crippen molar-refractivity contribution >= 4 is 0 Å². The maximum atomic E-state index is 9.07. The Morgan fingerprint density at radius 2 is 2.20 bits per heavy atom. The van der Waals surface area contributed by atoms with Gasteiger partial charge in [-0.15, -0.1) is 0 Å². The average Bonchev–Trinajstić information content (AvgIpc) is 3.03. The highest BCUT2D eigenvalue weighted by molar-refractivity contribution is 5.46. The fourth-order valence-corrected chi connectivity index (χ4v) is 2.57. The normalized spacial score (nSPS) is 26.3. The first-order valence-corrected chi connectivity index (χ1v) is 5.70. The van der Waals surface area contributed by atoms with Gasteiger partial charge in [-0.1, -0.05) is 6.07 Å². The van der Waals surface area contributed by atoms with Gasteiger partial charge in [-0.25, -0.2) is 0 Å². The van der Waals surface area contributed by atoms with Gasteiger partial charge in [0.2, 0.25) is 0 Å². The summed E-state index contributed by atoms with van der Waals surface area (Å²) in [7, 11) is 0. The zero-order chi connectivity index (χ0) is 10.3. The van der Waals surface area contributed by atoms with E-state index in [2.05, 4.69) is 16.0 Å². The molecule has 1 fully saturated rings. The topological polar surface area (TPSA) is 36.4 Å². The van der Waals surface area contributed by atoms with Crippen molar-refractivity contribution in [3.05, 3.63) is 29.6 Å². The molecule has 1 saturated heterocycles. The molecule has 1 aliphatic carbocycles. The summed E-state index contributed by atoms with van der Waals surface area (Å²) in [5.74, 6) is 0.524. The molecule has 3 heteroatoms. The minimum atomic E-state index is 0.351. The quantitative estimate of drug-likeness (QED) is 0.786. The number of pyridine rings is 1. The Labute approximate surface area is 89.7 Å². The molecule has 1 aromatic rings. The lowest BCUT2D eigenvalue weighted by atomic mass is 9.98. The van der Waals surface area contributed by atoms with Crippen LogP contribution in [0.3, 0.4) is 0 Å². The third-order valence-electron chi connectivity index (χ3n) is 3.61. The van der Waals surface area contributed by atoms with E-state index in [4.69, 9.17) is 5.11 Å². The Hall–Kier alpha value is -0.930. The first kappa shape index (κ1) is 9.31. The highest BCUT2D eigenvalue weighted by atomic mass is 16.3. The van der Waals surface area contributed by atoms with E-state index in [9.17, 15) is 0 Å². The van der Waals surface area contributed by atoms with Gasteiger partial charge in [-0.05, 0) is 43.5 Å². The number of nitrogens with zero attached hydrogens (tertiary/aromatic N) is 2. The maximum absolute atomic E-state index is 9.07. The van der Waals surface area contributed by atoms with Gasteiger partial charge in [0.25, 0.3) is 0 Å². The average molecular weight is 204 g/mol. The summed E-state index contributed by atoms with van der Waals surface area (Å²) >= 11 is 0. The van der Waals surface area contributed by atoms with E-state index < -0.39 is 0 Å². The molecule has 1 N–H and O–H groups in total. The van der Waals surface area contributed by atoms with Crippen LogP contribution in [0.2, 0.25) is 0 Å². The summed E-state index contributed by atoms with van der Waals surface area (Å²) in [5, 5.41) is 9.07. The molecule has 3 rings (SSSR count). The van der Waals surface area contributed by atoms with E-state index in [-0.39, 0.29) is 0 Å². The van der Waals surface area contributed by atoms with Gasteiger partial charge in [-0.2, -0.15) is 0 Å². The van der Waals surface area contributed by atoms with E-state index in [1.165, 1.54) is 11.3 Å². The van der Waals surface area contributed by atoms with Gasteiger partial charge in [0.15, 0.2) is 0 Å². The SMILES string of the molecule is OCC1CCN(C2c3cccnc32)CC1. The number of fused-ring (bicyclic) bond motifs is 1. The molecule has 0 saturated carbocycles. The summed E-state index contributed by atoms with van der Waals surface area (Å²) in [5.41, 5.74) is 2.67. The fraction of sp³-hybridized carbons (Fsp3) is 0.583. The highest BCUT2D eigenvalue weighted by Gasteiger charge is 2.40. The summed E-state index contributed by atoms with van der Waals surface area (Å²) in [6, 6.07) is 4.68. The second kappa shape index (κ2) is 3.58. The molecule has 0 bridgehead atoms. The highest BCUT2D eigenvalue weighted by Crippen LogP contribution is 2.44. The van der Waals surface area contributed by atoms with Crippen LogP contribution in [0.5, 0.6) is 0 Å². The molecule has 2 aliphatic rings. The van der Waals surface area contributed by atoms with E-state index in [0.717, 1.165) is 25.9 Å². The summed E-state index contributed by atoms with van der Waals surface area (Å²) in [6.07, 6.45) is 4.13. The zero-order valence-corrected chi connectivity index (χ0v) is 8.76. The number of piperidine rings is 1. The summed E-state index contributed by atoms with van der Waals surface area (Å²) < 4.78 is 0. The molecular formula is C12H16N2O. The van der Waals surface area contributed by atoms with Crippen molar-refractivity contribution in [3.63, 3.8) is 0 Å². The van der Waals surface area contributed by atoms with Crippen LogP contribution >= 0.6 is 0 Å². The van der Waals surface area contributed by atoms with Crippen LogP contribution in [-0.2, 0) is 0 Å². The third-order valence-corrected chi connectivity index (χ3v) is 3.61. The summed E-state index contributed by atoms with van der Waals surface area (Å²) in [4.78, 5) is 6.87. The summed E-state index contributed by atoms with van der Waals surface area (Å²) in [6.45, 7) is 2.56. The van der Waals surface area contributed by atoms with Gasteiger partial charge < -0.3 is 5.11 Å². The fourth-order valence-electron chi connectivity index (χ4n) is 2.57. The number of hydrogen-bond acceptors (Lipinski definition) is 3. The largest absolute Gasteiger partial charge is 0.396 e. The lowest BCUT2D eigenvalue weighted by Gasteiger charge is -2.30. The third kappa shape index (κ3) is 1.56. The van der Waals surface area contributed by atoms with Gasteiger partial charge in [0.1, 0.15) is 0 Å². The molecule has 15 heavy (non-hydrogen) atoms. The molecule has 3 nitrogen and oxygen atoms in total. The van der Waals surface area contributed by atoms with E-state index in [0.29, 0.717) is 18.6 Å². The molecule has 2 heterocycles. The predicted molar refractivity (Wildman–Crippen MR) is 57.5 cm³/mol. The van der Waals surface area contributed by atoms with Crippen LogP contribution < -0.4 is 0 Å². The Balaban J connectivity index is 1.64. The minimum Gasteiger partial charge on any atom is -0.396 e. The van der Waals surface area contributed by atoms with E-state index in [1.54, 1.807) is 0 Å². The Bertz CT molecular complexity index is 335. The van der Waals surface area contributed by atoms with Crippen LogP contribution in [-0.4, -0.2) is 34.7 Å². The minimum absolute atomic E-state index is 0.351. The Morgan fingerprint density at radius 3 is 2.80 bits per heavy atom. The van der Waals surface area contributed by atoms with Gasteiger partial charge in [0.05, 0.1) is 11.7 Å². The van der Waals surface area contributed by atoms with Crippen molar-refractivity contribution in [2.75, 3.05) is 19.7 Å². The predicted octanol–water partition coefficient (Wildman–Crippen LogP) is 1.19. The molecule has 0 aromatic carbocycles. The molecule has 0 spiro atoms. The van der Waals surface area contributed by atoms with Crippen molar-refractivity contribution in [1.29, 1.82) is 0 Å². The number of aliphatic hydroxyl groups is 1. The van der Waals surface area contributed by atoms with Crippen molar-refractivity contribution < 1.29 is 5.11 Å². The number of aromatic nitrogens is 1. The first-order valence-electron chi connectivity index (χ1n) is 5.70. The van der Waals surface area contributed by atoms with Crippen LogP contribution in [0.4, 0.5) is 0 Å². The van der Waals surface area contributed by atoms with Gasteiger partial charge in [-0.3, -0.25) is 9.88 Å². The Morgan fingerprint density at radius 1 is 1.40 bits per heavy atom. The van der Waals surface area contributed by atoms with Crippen molar-refractivity contribution in [1.82, 2.24) is 9.88 Å². The van der Waals surface area contributed by atoms with Gasteiger partial charge >= 0.3 is 0 Å². The van der Waals surface area contributed by atoms with Crippen LogP contribution in [0.15, 0.2) is 18.3 Å². The van der Waals surface area contributed by atoms with E-state index >= 15 is 0 Å². The standard InChI is InChI=1S/C12H16N2O/c15-8-9-3-6-14(7-4-9)12-10-2-1-5-13-11(10)12/h1-2,5,9,12,15H,3-4,6-8H2.